The summed E-state index contributed by atoms with van der Waals surface area (Å²) in [4.78, 5) is 14.1. The van der Waals surface area contributed by atoms with Gasteiger partial charge in [0, 0.05) is 29.6 Å². The summed E-state index contributed by atoms with van der Waals surface area (Å²) in [6.45, 7) is 0. The van der Waals surface area contributed by atoms with Crippen molar-refractivity contribution in [2.24, 2.45) is 5.29 Å². The predicted molar refractivity (Wildman–Crippen MR) is 61.3 cm³/mol. The minimum absolute atomic E-state index is 0. The van der Waals surface area contributed by atoms with E-state index in [0.29, 0.717) is 5.13 Å². The Kier molecular flexibility index (Phi) is 4.46. The standard InChI is InChI=1S/C8H7N3O2S.Na/c1-13-5-2-3-6-7(4-5)14-8(9-6)10-11-12;/h2-4H,1H3,(H,9,10,12);. The number of benzene rings is 1. The third-order valence-electron chi connectivity index (χ3n) is 1.74. The van der Waals surface area contributed by atoms with E-state index in [1.54, 1.807) is 7.11 Å². The molecule has 15 heavy (non-hydrogen) atoms. The summed E-state index contributed by atoms with van der Waals surface area (Å²) in [7, 11) is 1.61. The van der Waals surface area contributed by atoms with Gasteiger partial charge in [-0.25, -0.2) is 10.4 Å². The van der Waals surface area contributed by atoms with Crippen molar-refractivity contribution in [2.45, 2.75) is 0 Å². The van der Waals surface area contributed by atoms with E-state index in [1.807, 2.05) is 18.2 Å². The van der Waals surface area contributed by atoms with E-state index in [-0.39, 0.29) is 29.6 Å². The molecule has 1 aromatic carbocycles. The van der Waals surface area contributed by atoms with Gasteiger partial charge in [-0.3, -0.25) is 0 Å². The minimum Gasteiger partial charge on any atom is -0.497 e. The van der Waals surface area contributed by atoms with Crippen LogP contribution in [0.4, 0.5) is 5.13 Å². The third-order valence-corrected chi connectivity index (χ3v) is 2.66. The van der Waals surface area contributed by atoms with Crippen LogP contribution in [-0.4, -0.2) is 41.7 Å². The Labute approximate surface area is 112 Å². The number of hydrogen-bond acceptors (Lipinski definition) is 5. The Balaban J connectivity index is 0.00000112. The maximum absolute atomic E-state index is 9.96. The van der Waals surface area contributed by atoms with Gasteiger partial charge in [-0.2, -0.15) is 0 Å². The molecule has 1 heterocycles. The summed E-state index contributed by atoms with van der Waals surface area (Å²) < 4.78 is 6.02. The fourth-order valence-corrected chi connectivity index (χ4v) is 1.95. The molecule has 2 aromatic rings. The summed E-state index contributed by atoms with van der Waals surface area (Å²) >= 11 is 1.36. The summed E-state index contributed by atoms with van der Waals surface area (Å²) in [6, 6.07) is 5.52. The molecule has 1 radical (unpaired) electrons. The van der Waals surface area contributed by atoms with Gasteiger partial charge >= 0.3 is 0 Å². The van der Waals surface area contributed by atoms with E-state index in [2.05, 4.69) is 15.7 Å². The summed E-state index contributed by atoms with van der Waals surface area (Å²) in [6.07, 6.45) is 0. The van der Waals surface area contributed by atoms with Crippen molar-refractivity contribution in [3.63, 3.8) is 0 Å². The first kappa shape index (κ1) is 12.4. The first-order valence-electron chi connectivity index (χ1n) is 3.86. The molecule has 7 heteroatoms. The molecular formula is C8H7N3NaO2S. The molecule has 0 saturated carbocycles. The molecule has 0 unspecified atom stereocenters. The maximum atomic E-state index is 9.96. The van der Waals surface area contributed by atoms with E-state index < -0.39 is 0 Å². The zero-order valence-corrected chi connectivity index (χ0v) is 11.2. The third kappa shape index (κ3) is 2.66. The predicted octanol–water partition coefficient (Wildman–Crippen LogP) is 2.02. The van der Waals surface area contributed by atoms with Crippen molar-refractivity contribution in [2.75, 3.05) is 12.5 Å². The van der Waals surface area contributed by atoms with Gasteiger partial charge in [0.1, 0.15) is 5.75 Å². The molecule has 2 rings (SSSR count). The Morgan fingerprint density at radius 2 is 2.33 bits per heavy atom. The van der Waals surface area contributed by atoms with Crippen LogP contribution in [0.5, 0.6) is 5.75 Å². The van der Waals surface area contributed by atoms with Gasteiger partial charge in [0.2, 0.25) is 5.13 Å². The number of nitroso groups, excluding NO2 is 1. The van der Waals surface area contributed by atoms with Crippen molar-refractivity contribution in [3.05, 3.63) is 23.1 Å². The Bertz CT molecular complexity index is 474. The van der Waals surface area contributed by atoms with Gasteiger partial charge in [0.05, 0.1) is 22.6 Å². The summed E-state index contributed by atoms with van der Waals surface area (Å²) in [5.74, 6) is 0.770. The molecule has 0 spiro atoms. The second kappa shape index (κ2) is 5.41. The van der Waals surface area contributed by atoms with Crippen LogP contribution in [-0.2, 0) is 0 Å². The molecule has 0 atom stereocenters. The quantitative estimate of drug-likeness (QED) is 0.499. The molecule has 73 valence electrons. The molecule has 0 aliphatic heterocycles. The zero-order valence-electron chi connectivity index (χ0n) is 8.35. The molecule has 0 aliphatic rings. The number of aromatic nitrogens is 1. The number of rotatable bonds is 3. The van der Waals surface area contributed by atoms with Crippen molar-refractivity contribution >= 4 is 56.2 Å². The van der Waals surface area contributed by atoms with E-state index in [1.165, 1.54) is 11.3 Å². The number of ether oxygens (including phenoxy) is 1. The van der Waals surface area contributed by atoms with Gasteiger partial charge in [0.15, 0.2) is 0 Å². The molecule has 0 amide bonds. The first-order chi connectivity index (χ1) is 6.83. The fraction of sp³-hybridized carbons (Fsp3) is 0.125. The average Bonchev–Trinajstić information content (AvgIpc) is 2.59. The Hall–Kier alpha value is -0.690. The molecule has 0 bridgehead atoms. The van der Waals surface area contributed by atoms with Crippen LogP contribution in [0.25, 0.3) is 10.2 Å². The van der Waals surface area contributed by atoms with Crippen LogP contribution >= 0.6 is 11.3 Å². The topological polar surface area (TPSA) is 63.6 Å². The van der Waals surface area contributed by atoms with Crippen LogP contribution in [0.1, 0.15) is 0 Å². The van der Waals surface area contributed by atoms with E-state index in [9.17, 15) is 4.91 Å². The monoisotopic (exact) mass is 232 g/mol. The van der Waals surface area contributed by atoms with Crippen molar-refractivity contribution < 1.29 is 4.74 Å². The SMILES string of the molecule is COc1ccc2nc(NN=O)sc2c1.[Na]. The van der Waals surface area contributed by atoms with Crippen molar-refractivity contribution in [1.82, 2.24) is 4.98 Å². The van der Waals surface area contributed by atoms with Crippen LogP contribution in [0.2, 0.25) is 0 Å². The van der Waals surface area contributed by atoms with Gasteiger partial charge in [-0.15, -0.1) is 4.91 Å². The van der Waals surface area contributed by atoms with Gasteiger partial charge in [-0.1, -0.05) is 11.3 Å². The Morgan fingerprint density at radius 1 is 1.53 bits per heavy atom. The molecule has 5 nitrogen and oxygen atoms in total. The number of hydrogen-bond donors (Lipinski definition) is 1. The van der Waals surface area contributed by atoms with Crippen LogP contribution in [0.3, 0.4) is 0 Å². The van der Waals surface area contributed by atoms with E-state index in [4.69, 9.17) is 4.74 Å². The molecule has 1 N–H and O–H groups in total. The fourth-order valence-electron chi connectivity index (χ4n) is 1.12. The molecular weight excluding hydrogens is 225 g/mol. The molecule has 0 fully saturated rings. The number of anilines is 1. The minimum atomic E-state index is 0. The summed E-state index contributed by atoms with van der Waals surface area (Å²) in [5.41, 5.74) is 3.09. The smallest absolute Gasteiger partial charge is 0.207 e. The first-order valence-corrected chi connectivity index (χ1v) is 4.68. The number of fused-ring (bicyclic) bond motifs is 1. The number of thiazole rings is 1. The van der Waals surface area contributed by atoms with Crippen LogP contribution in [0, 0.1) is 4.91 Å². The van der Waals surface area contributed by atoms with Crippen molar-refractivity contribution in [1.29, 1.82) is 0 Å². The molecule has 1 aromatic heterocycles. The second-order valence-electron chi connectivity index (χ2n) is 2.56. The second-order valence-corrected chi connectivity index (χ2v) is 3.59. The Morgan fingerprint density at radius 3 is 3.00 bits per heavy atom. The number of nitrogens with one attached hydrogen (secondary N) is 1. The van der Waals surface area contributed by atoms with Gasteiger partial charge in [-0.05, 0) is 18.2 Å². The van der Waals surface area contributed by atoms with E-state index in [0.717, 1.165) is 16.0 Å². The average molecular weight is 232 g/mol. The van der Waals surface area contributed by atoms with E-state index >= 15 is 0 Å². The van der Waals surface area contributed by atoms with Gasteiger partial charge in [0.25, 0.3) is 0 Å². The summed E-state index contributed by atoms with van der Waals surface area (Å²) in [5, 5.41) is 3.05. The van der Waals surface area contributed by atoms with Crippen molar-refractivity contribution in [3.8, 4) is 5.75 Å². The van der Waals surface area contributed by atoms with Crippen LogP contribution < -0.4 is 10.2 Å². The number of nitrogens with zero attached hydrogens (tertiary/aromatic N) is 2. The maximum Gasteiger partial charge on any atom is 0.207 e. The zero-order chi connectivity index (χ0) is 9.97. The van der Waals surface area contributed by atoms with Gasteiger partial charge < -0.3 is 4.74 Å². The normalized spacial score (nSPS) is 9.40. The van der Waals surface area contributed by atoms with Crippen LogP contribution in [0.15, 0.2) is 23.5 Å². The molecule has 0 aliphatic carbocycles. The number of methoxy groups -OCH3 is 1. The largest absolute Gasteiger partial charge is 0.497 e. The molecule has 0 saturated heterocycles.